The van der Waals surface area contributed by atoms with Crippen LogP contribution in [0.25, 0.3) is 11.6 Å². The van der Waals surface area contributed by atoms with Gasteiger partial charge in [-0.05, 0) is 62.3 Å². The van der Waals surface area contributed by atoms with Crippen molar-refractivity contribution in [3.8, 4) is 0 Å². The lowest BCUT2D eigenvalue weighted by Gasteiger charge is -2.34. The van der Waals surface area contributed by atoms with Crippen LogP contribution in [0.1, 0.15) is 53.9 Å². The summed E-state index contributed by atoms with van der Waals surface area (Å²) in [5.41, 5.74) is 0.534. The minimum atomic E-state index is -0.501. The van der Waals surface area contributed by atoms with Gasteiger partial charge in [-0.25, -0.2) is 4.79 Å². The van der Waals surface area contributed by atoms with Crippen molar-refractivity contribution in [3.05, 3.63) is 50.6 Å². The Bertz CT molecular complexity index is 998. The number of piperidine rings is 1. The van der Waals surface area contributed by atoms with Crippen LogP contribution in [0.3, 0.4) is 0 Å². The molecule has 0 unspecified atom stereocenters. The zero-order chi connectivity index (χ0) is 22.8. The third-order valence-electron chi connectivity index (χ3n) is 5.60. The van der Waals surface area contributed by atoms with Gasteiger partial charge in [0.15, 0.2) is 0 Å². The zero-order valence-electron chi connectivity index (χ0n) is 19.0. The van der Waals surface area contributed by atoms with Crippen LogP contribution in [-0.4, -0.2) is 40.7 Å². The summed E-state index contributed by atoms with van der Waals surface area (Å²) in [6, 6.07) is 4.99. The lowest BCUT2D eigenvalue weighted by Crippen LogP contribution is -2.43. The molecule has 0 bridgehead atoms. The van der Waals surface area contributed by atoms with Crippen molar-refractivity contribution in [3.63, 3.8) is 0 Å². The fraction of sp³-hybridized carbons (Fsp3) is 0.542. The van der Waals surface area contributed by atoms with Crippen molar-refractivity contribution < 1.29 is 19.2 Å². The SMILES string of the molecule is CC1=c2cc([N+](=O)[O-])ccc2=CC[C@@H](C)C(OC2CCN(C(=O)OC(C)(C)C)CC2)=C1. The van der Waals surface area contributed by atoms with E-state index >= 15 is 0 Å². The number of rotatable bonds is 3. The molecule has 1 aliphatic carbocycles. The van der Waals surface area contributed by atoms with Crippen molar-refractivity contribution in [1.29, 1.82) is 0 Å². The van der Waals surface area contributed by atoms with Gasteiger partial charge in [-0.2, -0.15) is 0 Å². The maximum Gasteiger partial charge on any atom is 0.410 e. The monoisotopic (exact) mass is 428 g/mol. The first kappa shape index (κ1) is 22.8. The Morgan fingerprint density at radius 3 is 2.52 bits per heavy atom. The molecule has 0 radical (unpaired) electrons. The molecule has 1 atom stereocenters. The van der Waals surface area contributed by atoms with Crippen LogP contribution < -0.4 is 10.4 Å². The number of nitro benzene ring substituents is 1. The number of hydrogen-bond acceptors (Lipinski definition) is 5. The lowest BCUT2D eigenvalue weighted by atomic mass is 9.97. The highest BCUT2D eigenvalue weighted by molar-refractivity contribution is 5.68. The number of non-ortho nitro benzene ring substituents is 1. The van der Waals surface area contributed by atoms with E-state index in [0.717, 1.165) is 41.0 Å². The van der Waals surface area contributed by atoms with E-state index in [1.807, 2.05) is 39.8 Å². The largest absolute Gasteiger partial charge is 0.494 e. The summed E-state index contributed by atoms with van der Waals surface area (Å²) in [7, 11) is 0. The van der Waals surface area contributed by atoms with Crippen LogP contribution in [0, 0.1) is 16.0 Å². The number of fused-ring (bicyclic) bond motifs is 1. The second kappa shape index (κ2) is 9.12. The van der Waals surface area contributed by atoms with Crippen molar-refractivity contribution >= 4 is 23.4 Å². The molecule has 31 heavy (non-hydrogen) atoms. The van der Waals surface area contributed by atoms with E-state index in [1.54, 1.807) is 17.0 Å². The topological polar surface area (TPSA) is 81.9 Å². The van der Waals surface area contributed by atoms with Crippen LogP contribution in [0.4, 0.5) is 10.5 Å². The smallest absolute Gasteiger partial charge is 0.410 e. The van der Waals surface area contributed by atoms with Crippen LogP contribution >= 0.6 is 0 Å². The first-order chi connectivity index (χ1) is 14.5. The minimum absolute atomic E-state index is 0.0317. The molecule has 1 fully saturated rings. The Balaban J connectivity index is 1.74. The molecular weight excluding hydrogens is 396 g/mol. The molecule has 3 rings (SSSR count). The van der Waals surface area contributed by atoms with Gasteiger partial charge in [0, 0.05) is 44.0 Å². The fourth-order valence-electron chi connectivity index (χ4n) is 3.86. The third-order valence-corrected chi connectivity index (χ3v) is 5.60. The van der Waals surface area contributed by atoms with Crippen LogP contribution in [-0.2, 0) is 9.47 Å². The Morgan fingerprint density at radius 2 is 1.90 bits per heavy atom. The average Bonchev–Trinajstić information content (AvgIpc) is 2.69. The van der Waals surface area contributed by atoms with Gasteiger partial charge in [0.1, 0.15) is 11.7 Å². The molecule has 168 valence electrons. The van der Waals surface area contributed by atoms with Crippen molar-refractivity contribution in [2.75, 3.05) is 13.1 Å². The second-order valence-corrected chi connectivity index (χ2v) is 9.38. The summed E-state index contributed by atoms with van der Waals surface area (Å²) >= 11 is 0. The Kier molecular flexibility index (Phi) is 6.72. The molecule has 1 aromatic carbocycles. The van der Waals surface area contributed by atoms with E-state index in [0.29, 0.717) is 13.1 Å². The van der Waals surface area contributed by atoms with Gasteiger partial charge in [-0.3, -0.25) is 10.1 Å². The summed E-state index contributed by atoms with van der Waals surface area (Å²) < 4.78 is 11.8. The predicted octanol–water partition coefficient (Wildman–Crippen LogP) is 3.89. The van der Waals surface area contributed by atoms with Gasteiger partial charge in [-0.15, -0.1) is 0 Å². The van der Waals surface area contributed by atoms with Gasteiger partial charge in [0.2, 0.25) is 0 Å². The number of nitrogens with zero attached hydrogens (tertiary/aromatic N) is 2. The Labute approximate surface area is 183 Å². The number of carbonyl (C=O) groups excluding carboxylic acids is 1. The quantitative estimate of drug-likeness (QED) is 0.539. The van der Waals surface area contributed by atoms with Crippen molar-refractivity contribution in [1.82, 2.24) is 4.90 Å². The number of ether oxygens (including phenoxy) is 2. The van der Waals surface area contributed by atoms with Crippen molar-refractivity contribution in [2.24, 2.45) is 5.92 Å². The molecule has 1 amide bonds. The van der Waals surface area contributed by atoms with E-state index in [9.17, 15) is 14.9 Å². The molecule has 0 aromatic heterocycles. The number of carbonyl (C=O) groups is 1. The van der Waals surface area contributed by atoms with E-state index in [2.05, 4.69) is 13.0 Å². The first-order valence-electron chi connectivity index (χ1n) is 10.9. The molecule has 7 nitrogen and oxygen atoms in total. The summed E-state index contributed by atoms with van der Waals surface area (Å²) in [5, 5.41) is 13.1. The van der Waals surface area contributed by atoms with E-state index < -0.39 is 5.60 Å². The van der Waals surface area contributed by atoms with E-state index in [1.165, 1.54) is 0 Å². The normalized spacial score (nSPS) is 20.0. The highest BCUT2D eigenvalue weighted by Crippen LogP contribution is 2.26. The maximum absolute atomic E-state index is 12.3. The highest BCUT2D eigenvalue weighted by Gasteiger charge is 2.28. The molecule has 7 heteroatoms. The van der Waals surface area contributed by atoms with Crippen molar-refractivity contribution in [2.45, 2.75) is 65.6 Å². The predicted molar refractivity (Wildman–Crippen MR) is 120 cm³/mol. The van der Waals surface area contributed by atoms with E-state index in [4.69, 9.17) is 9.47 Å². The van der Waals surface area contributed by atoms with Gasteiger partial charge < -0.3 is 14.4 Å². The number of amides is 1. The van der Waals surface area contributed by atoms with Gasteiger partial charge >= 0.3 is 6.09 Å². The lowest BCUT2D eigenvalue weighted by molar-refractivity contribution is -0.385. The van der Waals surface area contributed by atoms with Crippen LogP contribution in [0.2, 0.25) is 0 Å². The third kappa shape index (κ3) is 5.87. The Morgan fingerprint density at radius 1 is 1.23 bits per heavy atom. The van der Waals surface area contributed by atoms with Gasteiger partial charge in [0.25, 0.3) is 5.69 Å². The molecule has 1 aromatic rings. The number of allylic oxidation sites excluding steroid dienone is 2. The average molecular weight is 429 g/mol. The molecular formula is C24H32N2O5. The summed E-state index contributed by atoms with van der Waals surface area (Å²) in [6.45, 7) is 10.9. The Hall–Kier alpha value is -2.83. The number of likely N-dealkylation sites (tertiary alicyclic amines) is 1. The summed E-state index contributed by atoms with van der Waals surface area (Å²) in [5.74, 6) is 1.09. The standard InChI is InChI=1S/C24H32N2O5/c1-16-6-7-18-8-9-19(26(28)29)15-21(18)17(2)14-22(16)30-20-10-12-25(13-11-20)23(27)31-24(3,4)5/h7-9,14-16,20H,6,10-13H2,1-5H3/t16-/m1/s1. The molecule has 0 N–H and O–H groups in total. The van der Waals surface area contributed by atoms with Gasteiger partial charge in [-0.1, -0.05) is 13.0 Å². The molecule has 2 aliphatic rings. The molecule has 0 spiro atoms. The second-order valence-electron chi connectivity index (χ2n) is 9.38. The summed E-state index contributed by atoms with van der Waals surface area (Å²) in [6.07, 6.45) is 6.17. The number of hydrogen-bond donors (Lipinski definition) is 0. The van der Waals surface area contributed by atoms with Crippen LogP contribution in [0.5, 0.6) is 0 Å². The zero-order valence-corrected chi connectivity index (χ0v) is 19.0. The van der Waals surface area contributed by atoms with Gasteiger partial charge in [0.05, 0.1) is 10.7 Å². The molecule has 0 saturated carbocycles. The number of nitro groups is 1. The maximum atomic E-state index is 12.3. The minimum Gasteiger partial charge on any atom is -0.494 e. The number of benzene rings is 1. The first-order valence-corrected chi connectivity index (χ1v) is 10.9. The fourth-order valence-corrected chi connectivity index (χ4v) is 3.86. The molecule has 1 heterocycles. The summed E-state index contributed by atoms with van der Waals surface area (Å²) in [4.78, 5) is 24.8. The molecule has 1 saturated heterocycles. The van der Waals surface area contributed by atoms with Crippen LogP contribution in [0.15, 0.2) is 30.0 Å². The highest BCUT2D eigenvalue weighted by atomic mass is 16.6. The molecule has 1 aliphatic heterocycles. The van der Waals surface area contributed by atoms with E-state index in [-0.39, 0.29) is 28.7 Å².